The summed E-state index contributed by atoms with van der Waals surface area (Å²) in [6.45, 7) is 5.09. The highest BCUT2D eigenvalue weighted by atomic mass is 32.1. The molecule has 7 nitrogen and oxygen atoms in total. The third-order valence-corrected chi connectivity index (χ3v) is 5.97. The number of amides is 1. The molecule has 2 heterocycles. The van der Waals surface area contributed by atoms with Crippen LogP contribution in [0.25, 0.3) is 11.3 Å². The van der Waals surface area contributed by atoms with E-state index in [9.17, 15) is 14.4 Å². The molecule has 29 heavy (non-hydrogen) atoms. The zero-order valence-corrected chi connectivity index (χ0v) is 17.9. The molecule has 152 valence electrons. The fourth-order valence-corrected chi connectivity index (χ4v) is 4.05. The van der Waals surface area contributed by atoms with Crippen molar-refractivity contribution in [2.75, 3.05) is 5.32 Å². The second-order valence-electron chi connectivity index (χ2n) is 6.44. The summed E-state index contributed by atoms with van der Waals surface area (Å²) >= 11 is 2.31. The Morgan fingerprint density at radius 3 is 2.55 bits per heavy atom. The van der Waals surface area contributed by atoms with E-state index < -0.39 is 18.0 Å². The number of carbonyl (C=O) groups excluding carboxylic acids is 2. The molecule has 0 spiro atoms. The highest BCUT2D eigenvalue weighted by molar-refractivity contribution is 7.14. The Morgan fingerprint density at radius 2 is 1.93 bits per heavy atom. The Morgan fingerprint density at radius 1 is 1.21 bits per heavy atom. The van der Waals surface area contributed by atoms with E-state index in [4.69, 9.17) is 4.74 Å². The molecule has 1 N–H and O–H groups in total. The molecule has 1 unspecified atom stereocenters. The molecule has 0 aliphatic carbocycles. The van der Waals surface area contributed by atoms with E-state index in [-0.39, 0.29) is 11.4 Å². The fourth-order valence-electron chi connectivity index (χ4n) is 2.60. The number of aryl methyl sites for hydroxylation is 2. The van der Waals surface area contributed by atoms with Crippen molar-refractivity contribution in [1.29, 1.82) is 0 Å². The van der Waals surface area contributed by atoms with Crippen LogP contribution >= 0.6 is 22.7 Å². The normalized spacial score (nSPS) is 11.8. The number of hydrogen-bond donors (Lipinski definition) is 1. The minimum atomic E-state index is -1.01. The fraction of sp³-hybridized carbons (Fsp3) is 0.300. The second-order valence-corrected chi connectivity index (χ2v) is 8.12. The molecule has 2 aromatic heterocycles. The molecule has 1 atom stereocenters. The van der Waals surface area contributed by atoms with Crippen LogP contribution in [0.3, 0.4) is 0 Å². The standard InChI is InChI=1S/C20H21N3O4S2/c1-4-14-5-7-15(8-6-14)16-11-28-19(21-16)22-18(25)13(3)27-17(24)9-23-12(2)10-29-20(23)26/h5-8,10-11,13H,4,9H2,1-3H3,(H,21,22,25). The van der Waals surface area contributed by atoms with E-state index in [1.807, 2.05) is 17.5 Å². The van der Waals surface area contributed by atoms with Crippen molar-refractivity contribution in [2.45, 2.75) is 39.8 Å². The van der Waals surface area contributed by atoms with Gasteiger partial charge in [0, 0.05) is 22.0 Å². The number of ether oxygens (including phenoxy) is 1. The van der Waals surface area contributed by atoms with Crippen LogP contribution in [0, 0.1) is 6.92 Å². The zero-order chi connectivity index (χ0) is 21.0. The van der Waals surface area contributed by atoms with Crippen LogP contribution in [0.2, 0.25) is 0 Å². The van der Waals surface area contributed by atoms with Gasteiger partial charge in [0.15, 0.2) is 11.2 Å². The predicted octanol–water partition coefficient (Wildman–Crippen LogP) is 3.47. The molecule has 0 saturated carbocycles. The van der Waals surface area contributed by atoms with E-state index in [2.05, 4.69) is 29.4 Å². The summed E-state index contributed by atoms with van der Waals surface area (Å²) in [4.78, 5) is 40.2. The summed E-state index contributed by atoms with van der Waals surface area (Å²) in [5.74, 6) is -1.12. The van der Waals surface area contributed by atoms with E-state index in [0.29, 0.717) is 10.8 Å². The molecular weight excluding hydrogens is 410 g/mol. The lowest BCUT2D eigenvalue weighted by Crippen LogP contribution is -2.32. The number of thiazole rings is 2. The smallest absolute Gasteiger partial charge is 0.326 e. The topological polar surface area (TPSA) is 90.3 Å². The first-order valence-corrected chi connectivity index (χ1v) is 10.8. The van der Waals surface area contributed by atoms with Crippen LogP contribution in [0.5, 0.6) is 0 Å². The second kappa shape index (κ2) is 9.15. The van der Waals surface area contributed by atoms with Gasteiger partial charge in [0.2, 0.25) is 0 Å². The highest BCUT2D eigenvalue weighted by Gasteiger charge is 2.20. The van der Waals surface area contributed by atoms with E-state index in [1.165, 1.54) is 28.4 Å². The molecule has 0 radical (unpaired) electrons. The molecule has 0 fully saturated rings. The number of hydrogen-bond acceptors (Lipinski definition) is 7. The predicted molar refractivity (Wildman–Crippen MR) is 114 cm³/mol. The van der Waals surface area contributed by atoms with Crippen molar-refractivity contribution in [3.63, 3.8) is 0 Å². The number of anilines is 1. The molecule has 0 aliphatic rings. The Bertz CT molecular complexity index is 1070. The number of aromatic nitrogens is 2. The molecule has 1 amide bonds. The van der Waals surface area contributed by atoms with E-state index in [1.54, 1.807) is 12.3 Å². The molecule has 3 aromatic rings. The Kier molecular flexibility index (Phi) is 6.60. The van der Waals surface area contributed by atoms with Gasteiger partial charge in [-0.15, -0.1) is 11.3 Å². The Hall–Kier alpha value is -2.78. The number of esters is 1. The maximum absolute atomic E-state index is 12.3. The first kappa shape index (κ1) is 20.9. The summed E-state index contributed by atoms with van der Waals surface area (Å²) in [5.41, 5.74) is 3.66. The third-order valence-electron chi connectivity index (χ3n) is 4.33. The van der Waals surface area contributed by atoms with Gasteiger partial charge >= 0.3 is 10.8 Å². The Balaban J connectivity index is 1.57. The summed E-state index contributed by atoms with van der Waals surface area (Å²) in [7, 11) is 0. The number of rotatable bonds is 7. The lowest BCUT2D eigenvalue weighted by Gasteiger charge is -2.12. The van der Waals surface area contributed by atoms with Crippen molar-refractivity contribution in [1.82, 2.24) is 9.55 Å². The van der Waals surface area contributed by atoms with Gasteiger partial charge in [0.05, 0.1) is 5.69 Å². The maximum Gasteiger partial charge on any atom is 0.326 e. The summed E-state index contributed by atoms with van der Waals surface area (Å²) in [6.07, 6.45) is -0.0380. The van der Waals surface area contributed by atoms with Gasteiger partial charge in [-0.1, -0.05) is 42.5 Å². The van der Waals surface area contributed by atoms with Gasteiger partial charge in [-0.2, -0.15) is 0 Å². The third kappa shape index (κ3) is 5.18. The minimum Gasteiger partial charge on any atom is -0.451 e. The lowest BCUT2D eigenvalue weighted by atomic mass is 10.1. The van der Waals surface area contributed by atoms with Crippen molar-refractivity contribution in [3.8, 4) is 11.3 Å². The molecule has 0 saturated heterocycles. The monoisotopic (exact) mass is 431 g/mol. The molecular formula is C20H21N3O4S2. The average Bonchev–Trinajstić information content (AvgIpc) is 3.30. The van der Waals surface area contributed by atoms with E-state index in [0.717, 1.165) is 29.0 Å². The minimum absolute atomic E-state index is 0.221. The first-order valence-electron chi connectivity index (χ1n) is 9.07. The summed E-state index contributed by atoms with van der Waals surface area (Å²) < 4.78 is 6.47. The van der Waals surface area contributed by atoms with Crippen LogP contribution in [-0.4, -0.2) is 27.5 Å². The first-order chi connectivity index (χ1) is 13.9. The van der Waals surface area contributed by atoms with Crippen LogP contribution < -0.4 is 10.2 Å². The number of nitrogens with one attached hydrogen (secondary N) is 1. The molecule has 0 aliphatic heterocycles. The molecule has 0 bridgehead atoms. The average molecular weight is 432 g/mol. The number of benzene rings is 1. The molecule has 1 aromatic carbocycles. The van der Waals surface area contributed by atoms with Crippen LogP contribution in [0.15, 0.2) is 39.8 Å². The highest BCUT2D eigenvalue weighted by Crippen LogP contribution is 2.25. The molecule has 9 heteroatoms. The maximum atomic E-state index is 12.3. The Labute approximate surface area is 176 Å². The number of nitrogens with zero attached hydrogens (tertiary/aromatic N) is 2. The van der Waals surface area contributed by atoms with Gasteiger partial charge in [0.25, 0.3) is 5.91 Å². The van der Waals surface area contributed by atoms with Crippen LogP contribution in [0.4, 0.5) is 5.13 Å². The summed E-state index contributed by atoms with van der Waals surface area (Å²) in [6, 6.07) is 8.10. The van der Waals surface area contributed by atoms with Crippen molar-refractivity contribution in [2.24, 2.45) is 0 Å². The van der Waals surface area contributed by atoms with E-state index >= 15 is 0 Å². The molecule has 3 rings (SSSR count). The van der Waals surface area contributed by atoms with Gasteiger partial charge < -0.3 is 4.74 Å². The lowest BCUT2D eigenvalue weighted by molar-refractivity contribution is -0.153. The van der Waals surface area contributed by atoms with Gasteiger partial charge in [0.1, 0.15) is 6.54 Å². The number of carbonyl (C=O) groups is 2. The zero-order valence-electron chi connectivity index (χ0n) is 16.3. The van der Waals surface area contributed by atoms with Crippen LogP contribution in [0.1, 0.15) is 25.1 Å². The largest absolute Gasteiger partial charge is 0.451 e. The van der Waals surface area contributed by atoms with Gasteiger partial charge in [-0.25, -0.2) is 4.98 Å². The quantitative estimate of drug-likeness (QED) is 0.579. The SMILES string of the molecule is CCc1ccc(-c2csc(NC(=O)C(C)OC(=O)Cn3c(C)csc3=O)n2)cc1. The van der Waals surface area contributed by atoms with Gasteiger partial charge in [-0.3, -0.25) is 24.3 Å². The van der Waals surface area contributed by atoms with Crippen molar-refractivity contribution in [3.05, 3.63) is 56.0 Å². The van der Waals surface area contributed by atoms with Crippen molar-refractivity contribution >= 4 is 39.7 Å². The van der Waals surface area contributed by atoms with Crippen molar-refractivity contribution < 1.29 is 14.3 Å². The summed E-state index contributed by atoms with van der Waals surface area (Å²) in [5, 5.41) is 6.62. The van der Waals surface area contributed by atoms with Crippen LogP contribution in [-0.2, 0) is 27.3 Å². The van der Waals surface area contributed by atoms with Gasteiger partial charge in [-0.05, 0) is 25.8 Å².